The Balaban J connectivity index is 1.99. The van der Waals surface area contributed by atoms with Crippen LogP contribution in [0.25, 0.3) is 0 Å². The molecule has 1 aliphatic carbocycles. The van der Waals surface area contributed by atoms with Crippen LogP contribution in [0.5, 0.6) is 0 Å². The van der Waals surface area contributed by atoms with Crippen molar-refractivity contribution in [3.05, 3.63) is 5.69 Å². The van der Waals surface area contributed by atoms with Gasteiger partial charge in [-0.1, -0.05) is 0 Å². The molecule has 1 fully saturated rings. The minimum absolute atomic E-state index is 0.0965. The number of aryl methyl sites for hydroxylation is 2. The number of rotatable bonds is 1. The topological polar surface area (TPSA) is 59.0 Å². The molecule has 86 valence electrons. The van der Waals surface area contributed by atoms with E-state index in [2.05, 4.69) is 15.7 Å². The molecule has 5 nitrogen and oxygen atoms in total. The highest BCUT2D eigenvalue weighted by Gasteiger charge is 2.36. The highest BCUT2D eigenvalue weighted by atomic mass is 16.1. The van der Waals surface area contributed by atoms with Gasteiger partial charge in [0.05, 0.1) is 5.69 Å². The van der Waals surface area contributed by atoms with Crippen molar-refractivity contribution < 1.29 is 4.79 Å². The number of aromatic nitrogens is 2. The van der Waals surface area contributed by atoms with E-state index in [-0.39, 0.29) is 11.9 Å². The average Bonchev–Trinajstić information content (AvgIpc) is 2.99. The molecule has 0 saturated heterocycles. The molecule has 1 atom stereocenters. The van der Waals surface area contributed by atoms with Crippen molar-refractivity contribution in [3.63, 3.8) is 0 Å². The third-order valence-electron chi connectivity index (χ3n) is 3.41. The molecule has 2 N–H and O–H groups in total. The monoisotopic (exact) mass is 220 g/mol. The summed E-state index contributed by atoms with van der Waals surface area (Å²) in [6.07, 6.45) is 3.03. The predicted octanol–water partition coefficient (Wildman–Crippen LogP) is 1.26. The standard InChI is InChI=1S/C11H16N4O/c1-6-10-11(15(2)14-6)12-8(7-3-4-7)5-9(16)13-10/h7-8,12H,3-5H2,1-2H3,(H,13,16). The molecule has 0 radical (unpaired) electrons. The zero-order chi connectivity index (χ0) is 11.3. The Kier molecular flexibility index (Phi) is 1.96. The summed E-state index contributed by atoms with van der Waals surface area (Å²) in [6, 6.07) is 0.274. The summed E-state index contributed by atoms with van der Waals surface area (Å²) >= 11 is 0. The molecule has 0 aromatic carbocycles. The Bertz CT molecular complexity index is 447. The van der Waals surface area contributed by atoms with Crippen molar-refractivity contribution in [2.24, 2.45) is 13.0 Å². The van der Waals surface area contributed by atoms with Crippen molar-refractivity contribution in [1.82, 2.24) is 9.78 Å². The second kappa shape index (κ2) is 3.23. The largest absolute Gasteiger partial charge is 0.365 e. The van der Waals surface area contributed by atoms with Gasteiger partial charge in [-0.3, -0.25) is 9.48 Å². The maximum absolute atomic E-state index is 11.8. The normalized spacial score (nSPS) is 24.4. The van der Waals surface area contributed by atoms with Gasteiger partial charge in [0.25, 0.3) is 0 Å². The molecule has 1 amide bonds. The Morgan fingerprint density at radius 2 is 2.19 bits per heavy atom. The molecule has 1 aromatic rings. The zero-order valence-corrected chi connectivity index (χ0v) is 9.58. The minimum Gasteiger partial charge on any atom is -0.365 e. The van der Waals surface area contributed by atoms with Crippen LogP contribution < -0.4 is 10.6 Å². The number of anilines is 2. The Morgan fingerprint density at radius 3 is 2.88 bits per heavy atom. The molecule has 1 unspecified atom stereocenters. The lowest BCUT2D eigenvalue weighted by Crippen LogP contribution is -2.25. The van der Waals surface area contributed by atoms with Gasteiger partial charge in [0.15, 0.2) is 0 Å². The molecule has 16 heavy (non-hydrogen) atoms. The lowest BCUT2D eigenvalue weighted by atomic mass is 10.1. The van der Waals surface area contributed by atoms with Gasteiger partial charge in [0.1, 0.15) is 11.5 Å². The summed E-state index contributed by atoms with van der Waals surface area (Å²) in [7, 11) is 1.90. The molecular weight excluding hydrogens is 204 g/mol. The molecule has 1 saturated carbocycles. The molecule has 2 aliphatic rings. The lowest BCUT2D eigenvalue weighted by molar-refractivity contribution is -0.116. The fourth-order valence-electron chi connectivity index (χ4n) is 2.37. The highest BCUT2D eigenvalue weighted by molar-refractivity contribution is 5.96. The fourth-order valence-corrected chi connectivity index (χ4v) is 2.37. The molecule has 5 heteroatoms. The number of carbonyl (C=O) groups excluding carboxylic acids is 1. The van der Waals surface area contributed by atoms with Gasteiger partial charge in [-0.25, -0.2) is 0 Å². The maximum atomic E-state index is 11.8. The van der Waals surface area contributed by atoms with Crippen molar-refractivity contribution in [2.45, 2.75) is 32.2 Å². The third kappa shape index (κ3) is 1.47. The van der Waals surface area contributed by atoms with Gasteiger partial charge in [0, 0.05) is 19.5 Å². The van der Waals surface area contributed by atoms with Crippen molar-refractivity contribution in [1.29, 1.82) is 0 Å². The van der Waals surface area contributed by atoms with E-state index in [4.69, 9.17) is 0 Å². The van der Waals surface area contributed by atoms with Crippen LogP contribution in [0, 0.1) is 12.8 Å². The van der Waals surface area contributed by atoms with Gasteiger partial charge in [0.2, 0.25) is 5.91 Å². The molecule has 2 heterocycles. The Labute approximate surface area is 94.2 Å². The van der Waals surface area contributed by atoms with Crippen LogP contribution in [-0.4, -0.2) is 21.7 Å². The summed E-state index contributed by atoms with van der Waals surface area (Å²) in [5.41, 5.74) is 1.71. The number of hydrogen-bond acceptors (Lipinski definition) is 3. The number of amides is 1. The van der Waals surface area contributed by atoms with Crippen LogP contribution in [0.15, 0.2) is 0 Å². The zero-order valence-electron chi connectivity index (χ0n) is 9.58. The number of hydrogen-bond donors (Lipinski definition) is 2. The predicted molar refractivity (Wildman–Crippen MR) is 61.3 cm³/mol. The first-order valence-electron chi connectivity index (χ1n) is 5.75. The van der Waals surface area contributed by atoms with Crippen LogP contribution in [0.4, 0.5) is 11.5 Å². The Morgan fingerprint density at radius 1 is 1.44 bits per heavy atom. The van der Waals surface area contributed by atoms with Crippen molar-refractivity contribution >= 4 is 17.4 Å². The van der Waals surface area contributed by atoms with E-state index in [1.54, 1.807) is 0 Å². The SMILES string of the molecule is Cc1nn(C)c2c1NC(=O)CC(C1CC1)N2. The van der Waals surface area contributed by atoms with Gasteiger partial charge >= 0.3 is 0 Å². The number of carbonyl (C=O) groups is 1. The van der Waals surface area contributed by atoms with E-state index >= 15 is 0 Å². The number of fused-ring (bicyclic) bond motifs is 1. The van der Waals surface area contributed by atoms with Gasteiger partial charge in [-0.15, -0.1) is 0 Å². The van der Waals surface area contributed by atoms with Gasteiger partial charge in [-0.2, -0.15) is 5.10 Å². The molecule has 3 rings (SSSR count). The lowest BCUT2D eigenvalue weighted by Gasteiger charge is -2.15. The molecule has 0 bridgehead atoms. The first-order valence-corrected chi connectivity index (χ1v) is 5.75. The molecule has 1 aliphatic heterocycles. The third-order valence-corrected chi connectivity index (χ3v) is 3.41. The molecular formula is C11H16N4O. The average molecular weight is 220 g/mol. The smallest absolute Gasteiger partial charge is 0.226 e. The van der Waals surface area contributed by atoms with Crippen LogP contribution in [0.1, 0.15) is 25.0 Å². The van der Waals surface area contributed by atoms with Gasteiger partial charge in [-0.05, 0) is 25.7 Å². The first kappa shape index (κ1) is 9.69. The summed E-state index contributed by atoms with van der Waals surface area (Å²) in [5, 5.41) is 10.7. The number of nitrogens with one attached hydrogen (secondary N) is 2. The van der Waals surface area contributed by atoms with Crippen LogP contribution in [-0.2, 0) is 11.8 Å². The van der Waals surface area contributed by atoms with E-state index in [1.807, 2.05) is 18.7 Å². The highest BCUT2D eigenvalue weighted by Crippen LogP contribution is 2.39. The van der Waals surface area contributed by atoms with Crippen LogP contribution in [0.3, 0.4) is 0 Å². The van der Waals surface area contributed by atoms with E-state index in [0.717, 1.165) is 17.2 Å². The molecule has 0 spiro atoms. The number of nitrogens with zero attached hydrogens (tertiary/aromatic N) is 2. The summed E-state index contributed by atoms with van der Waals surface area (Å²) in [5.74, 6) is 1.70. The van der Waals surface area contributed by atoms with E-state index in [1.165, 1.54) is 12.8 Å². The second-order valence-corrected chi connectivity index (χ2v) is 4.77. The quantitative estimate of drug-likeness (QED) is 0.749. The Hall–Kier alpha value is -1.52. The maximum Gasteiger partial charge on any atom is 0.226 e. The fraction of sp³-hybridized carbons (Fsp3) is 0.636. The van der Waals surface area contributed by atoms with Crippen LogP contribution in [0.2, 0.25) is 0 Å². The van der Waals surface area contributed by atoms with Crippen molar-refractivity contribution in [3.8, 4) is 0 Å². The van der Waals surface area contributed by atoms with E-state index in [0.29, 0.717) is 12.3 Å². The second-order valence-electron chi connectivity index (χ2n) is 4.77. The first-order chi connectivity index (χ1) is 7.65. The molecule has 1 aromatic heterocycles. The van der Waals surface area contributed by atoms with E-state index < -0.39 is 0 Å². The van der Waals surface area contributed by atoms with Crippen LogP contribution >= 0.6 is 0 Å². The minimum atomic E-state index is 0.0965. The van der Waals surface area contributed by atoms with Crippen molar-refractivity contribution in [2.75, 3.05) is 10.6 Å². The summed E-state index contributed by atoms with van der Waals surface area (Å²) in [4.78, 5) is 11.8. The summed E-state index contributed by atoms with van der Waals surface area (Å²) < 4.78 is 1.81. The van der Waals surface area contributed by atoms with E-state index in [9.17, 15) is 4.79 Å². The van der Waals surface area contributed by atoms with Gasteiger partial charge < -0.3 is 10.6 Å². The summed E-state index contributed by atoms with van der Waals surface area (Å²) in [6.45, 7) is 1.91.